The van der Waals surface area contributed by atoms with Crippen LogP contribution in [0.5, 0.6) is 5.75 Å². The first-order valence-electron chi connectivity index (χ1n) is 12.2. The molecule has 1 fully saturated rings. The molecule has 0 saturated carbocycles. The summed E-state index contributed by atoms with van der Waals surface area (Å²) >= 11 is 0. The molecule has 6 nitrogen and oxygen atoms in total. The zero-order valence-corrected chi connectivity index (χ0v) is 21.4. The Labute approximate surface area is 212 Å². The minimum absolute atomic E-state index is 0.0290. The normalized spacial score (nSPS) is 14.7. The smallest absolute Gasteiger partial charge is 0.236 e. The van der Waals surface area contributed by atoms with Crippen molar-refractivity contribution in [1.29, 1.82) is 0 Å². The van der Waals surface area contributed by atoms with Gasteiger partial charge >= 0.3 is 0 Å². The zero-order valence-electron chi connectivity index (χ0n) is 20.6. The van der Waals surface area contributed by atoms with Crippen LogP contribution in [0.25, 0.3) is 11.5 Å². The first-order valence-corrected chi connectivity index (χ1v) is 13.7. The molecule has 5 rings (SSSR count). The van der Waals surface area contributed by atoms with Crippen LogP contribution >= 0.6 is 0 Å². The topological polar surface area (TPSA) is 72.6 Å². The Morgan fingerprint density at radius 2 is 1.61 bits per heavy atom. The van der Waals surface area contributed by atoms with Crippen LogP contribution in [-0.2, 0) is 16.3 Å². The average Bonchev–Trinajstić information content (AvgIpc) is 3.37. The van der Waals surface area contributed by atoms with Crippen molar-refractivity contribution in [3.63, 3.8) is 0 Å². The third-order valence-electron chi connectivity index (χ3n) is 6.77. The van der Waals surface area contributed by atoms with E-state index in [0.717, 1.165) is 24.8 Å². The van der Waals surface area contributed by atoms with E-state index in [4.69, 9.17) is 9.15 Å². The van der Waals surface area contributed by atoms with Crippen LogP contribution in [0.2, 0.25) is 0 Å². The van der Waals surface area contributed by atoms with Crippen molar-refractivity contribution >= 4 is 15.7 Å². The Hall–Kier alpha value is -3.58. The summed E-state index contributed by atoms with van der Waals surface area (Å²) in [5.74, 6) is 1.85. The maximum Gasteiger partial charge on any atom is 0.236 e. The van der Waals surface area contributed by atoms with E-state index in [1.807, 2.05) is 42.2 Å². The first-order chi connectivity index (χ1) is 17.4. The van der Waals surface area contributed by atoms with Crippen molar-refractivity contribution in [3.8, 4) is 17.2 Å². The molecule has 0 bridgehead atoms. The number of aromatic nitrogens is 1. The molecule has 7 heteroatoms. The lowest BCUT2D eigenvalue weighted by Gasteiger charge is -2.32. The Morgan fingerprint density at radius 3 is 2.25 bits per heavy atom. The molecular weight excluding hydrogens is 472 g/mol. The molecule has 3 aromatic carbocycles. The fourth-order valence-corrected chi connectivity index (χ4v) is 5.97. The van der Waals surface area contributed by atoms with E-state index in [0.29, 0.717) is 36.2 Å². The number of oxazole rings is 1. The highest BCUT2D eigenvalue weighted by Gasteiger charge is 2.33. The number of methoxy groups -OCH3 is 1. The molecule has 1 aromatic heterocycles. The highest BCUT2D eigenvalue weighted by molar-refractivity contribution is 7.91. The van der Waals surface area contributed by atoms with Gasteiger partial charge in [0.25, 0.3) is 0 Å². The van der Waals surface area contributed by atoms with Gasteiger partial charge in [-0.3, -0.25) is 0 Å². The second-order valence-corrected chi connectivity index (χ2v) is 11.2. The second-order valence-electron chi connectivity index (χ2n) is 9.29. The van der Waals surface area contributed by atoms with Crippen molar-refractivity contribution in [2.75, 3.05) is 25.1 Å². The summed E-state index contributed by atoms with van der Waals surface area (Å²) in [4.78, 5) is 6.77. The third-order valence-corrected chi connectivity index (χ3v) is 8.44. The Balaban J connectivity index is 1.46. The SMILES string of the molecule is COc1ccc(-c2nc(S(=O)(=O)c3ccc(C)cc3)c(N3CCC(Cc4ccccc4)CC3)o2)cc1. The number of nitrogens with zero attached hydrogens (tertiary/aromatic N) is 2. The number of hydrogen-bond donors (Lipinski definition) is 0. The van der Waals surface area contributed by atoms with Gasteiger partial charge in [0.15, 0.2) is 0 Å². The fraction of sp³-hybridized carbons (Fsp3) is 0.276. The molecule has 186 valence electrons. The van der Waals surface area contributed by atoms with Crippen molar-refractivity contribution in [3.05, 3.63) is 90.0 Å². The standard InChI is InChI=1S/C29H30N2O4S/c1-21-8-14-26(15-9-21)36(32,33)28-29(35-27(30-28)24-10-12-25(34-2)13-11-24)31-18-16-23(17-19-31)20-22-6-4-3-5-7-22/h3-15,23H,16-20H2,1-2H3. The molecule has 2 heterocycles. The highest BCUT2D eigenvalue weighted by Crippen LogP contribution is 2.37. The number of piperidine rings is 1. The van der Waals surface area contributed by atoms with Gasteiger partial charge in [-0.25, -0.2) is 8.42 Å². The van der Waals surface area contributed by atoms with Gasteiger partial charge in [-0.05, 0) is 74.1 Å². The van der Waals surface area contributed by atoms with Crippen molar-refractivity contribution < 1.29 is 17.6 Å². The van der Waals surface area contributed by atoms with Gasteiger partial charge in [0.05, 0.1) is 12.0 Å². The average molecular weight is 503 g/mol. The van der Waals surface area contributed by atoms with Gasteiger partial charge in [-0.2, -0.15) is 4.98 Å². The highest BCUT2D eigenvalue weighted by atomic mass is 32.2. The Kier molecular flexibility index (Phi) is 6.83. The lowest BCUT2D eigenvalue weighted by atomic mass is 9.90. The number of hydrogen-bond acceptors (Lipinski definition) is 6. The summed E-state index contributed by atoms with van der Waals surface area (Å²) < 4.78 is 38.8. The summed E-state index contributed by atoms with van der Waals surface area (Å²) in [5, 5.41) is -0.0290. The van der Waals surface area contributed by atoms with Crippen LogP contribution < -0.4 is 9.64 Å². The fourth-order valence-electron chi connectivity index (χ4n) is 4.65. The molecule has 1 aliphatic heterocycles. The van der Waals surface area contributed by atoms with Crippen LogP contribution in [0.4, 0.5) is 5.88 Å². The molecule has 1 saturated heterocycles. The van der Waals surface area contributed by atoms with Gasteiger partial charge < -0.3 is 14.1 Å². The number of sulfone groups is 1. The van der Waals surface area contributed by atoms with E-state index >= 15 is 0 Å². The summed E-state index contributed by atoms with van der Waals surface area (Å²) in [7, 11) is -2.27. The van der Waals surface area contributed by atoms with E-state index in [9.17, 15) is 8.42 Å². The zero-order chi connectivity index (χ0) is 25.1. The molecule has 0 amide bonds. The van der Waals surface area contributed by atoms with E-state index < -0.39 is 9.84 Å². The van der Waals surface area contributed by atoms with Gasteiger partial charge in [0.1, 0.15) is 5.75 Å². The number of rotatable bonds is 7. The minimum atomic E-state index is -3.87. The number of anilines is 1. The first kappa shape index (κ1) is 24.1. The summed E-state index contributed by atoms with van der Waals surface area (Å²) in [5.41, 5.74) is 3.02. The van der Waals surface area contributed by atoms with Gasteiger partial charge in [-0.1, -0.05) is 48.0 Å². The minimum Gasteiger partial charge on any atom is -0.497 e. The number of aryl methyl sites for hydroxylation is 1. The van der Waals surface area contributed by atoms with Gasteiger partial charge in [0, 0.05) is 18.7 Å². The van der Waals surface area contributed by atoms with Gasteiger partial charge in [-0.15, -0.1) is 0 Å². The van der Waals surface area contributed by atoms with Crippen LogP contribution in [-0.4, -0.2) is 33.6 Å². The predicted octanol–water partition coefficient (Wildman–Crippen LogP) is 5.95. The molecule has 0 radical (unpaired) electrons. The van der Waals surface area contributed by atoms with E-state index in [1.165, 1.54) is 5.56 Å². The molecule has 0 N–H and O–H groups in total. The molecule has 0 unspecified atom stereocenters. The van der Waals surface area contributed by atoms with Gasteiger partial charge in [0.2, 0.25) is 26.6 Å². The molecule has 1 aliphatic rings. The molecule has 4 aromatic rings. The van der Waals surface area contributed by atoms with Crippen molar-refractivity contribution in [1.82, 2.24) is 4.98 Å². The second kappa shape index (κ2) is 10.2. The van der Waals surface area contributed by atoms with Crippen molar-refractivity contribution in [2.45, 2.75) is 36.1 Å². The quantitative estimate of drug-likeness (QED) is 0.311. The summed E-state index contributed by atoms with van der Waals surface area (Å²) in [6.45, 7) is 3.36. The lowest BCUT2D eigenvalue weighted by molar-refractivity contribution is 0.387. The largest absolute Gasteiger partial charge is 0.497 e. The number of ether oxygens (including phenoxy) is 1. The van der Waals surface area contributed by atoms with Crippen molar-refractivity contribution in [2.24, 2.45) is 5.92 Å². The van der Waals surface area contributed by atoms with E-state index in [2.05, 4.69) is 29.2 Å². The Morgan fingerprint density at radius 1 is 0.944 bits per heavy atom. The molecular formula is C29H30N2O4S. The molecule has 36 heavy (non-hydrogen) atoms. The third kappa shape index (κ3) is 5.02. The predicted molar refractivity (Wildman–Crippen MR) is 140 cm³/mol. The molecule has 0 spiro atoms. The summed E-state index contributed by atoms with van der Waals surface area (Å²) in [6, 6.07) is 24.6. The van der Waals surface area contributed by atoms with Crippen LogP contribution in [0, 0.1) is 12.8 Å². The summed E-state index contributed by atoms with van der Waals surface area (Å²) in [6.07, 6.45) is 2.94. The maximum absolute atomic E-state index is 13.7. The molecule has 0 aliphatic carbocycles. The monoisotopic (exact) mass is 502 g/mol. The Bertz CT molecular complexity index is 1400. The van der Waals surface area contributed by atoms with E-state index in [-0.39, 0.29) is 15.8 Å². The van der Waals surface area contributed by atoms with Crippen LogP contribution in [0.3, 0.4) is 0 Å². The lowest BCUT2D eigenvalue weighted by Crippen LogP contribution is -2.34. The number of benzene rings is 3. The maximum atomic E-state index is 13.7. The van der Waals surface area contributed by atoms with Crippen LogP contribution in [0.15, 0.2) is 93.2 Å². The van der Waals surface area contributed by atoms with Crippen LogP contribution in [0.1, 0.15) is 24.0 Å². The van der Waals surface area contributed by atoms with E-state index in [1.54, 1.807) is 31.4 Å². The molecule has 0 atom stereocenters.